The Bertz CT molecular complexity index is 1300. The van der Waals surface area contributed by atoms with Gasteiger partial charge in [0.2, 0.25) is 11.8 Å². The number of hydrogen-bond donors (Lipinski definition) is 3. The zero-order valence-electron chi connectivity index (χ0n) is 19.8. The van der Waals surface area contributed by atoms with E-state index in [4.69, 9.17) is 21.1 Å². The average Bonchev–Trinajstić information content (AvgIpc) is 2.86. The first kappa shape index (κ1) is 27.2. The Morgan fingerprint density at radius 3 is 2.32 bits per heavy atom. The molecule has 0 saturated heterocycles. The number of rotatable bonds is 11. The molecule has 0 spiro atoms. The molecule has 0 fully saturated rings. The molecule has 3 amide bonds. The zero-order valence-corrected chi connectivity index (χ0v) is 20.5. The second-order valence-electron chi connectivity index (χ2n) is 7.45. The SMILES string of the molecule is CCOc1cc(C=NNC(=O)CC(=O)Nc2ccccc2Cl)ccc1OCC(=O)Nc1ccccc1F. The molecule has 192 valence electrons. The Hall–Kier alpha value is -4.44. The summed E-state index contributed by atoms with van der Waals surface area (Å²) in [6.07, 6.45) is 0.912. The molecule has 0 unspecified atom stereocenters. The van der Waals surface area contributed by atoms with Gasteiger partial charge in [0.15, 0.2) is 18.1 Å². The molecule has 0 bridgehead atoms. The van der Waals surface area contributed by atoms with Gasteiger partial charge in [-0.15, -0.1) is 0 Å². The summed E-state index contributed by atoms with van der Waals surface area (Å²) in [4.78, 5) is 36.2. The quantitative estimate of drug-likeness (QED) is 0.195. The van der Waals surface area contributed by atoms with Crippen LogP contribution < -0.4 is 25.5 Å². The van der Waals surface area contributed by atoms with Crippen LogP contribution in [0, 0.1) is 5.82 Å². The monoisotopic (exact) mass is 526 g/mol. The van der Waals surface area contributed by atoms with Gasteiger partial charge in [-0.3, -0.25) is 14.4 Å². The number of carbonyl (C=O) groups excluding carboxylic acids is 3. The van der Waals surface area contributed by atoms with Crippen molar-refractivity contribution < 1.29 is 28.2 Å². The first-order valence-corrected chi connectivity index (χ1v) is 11.5. The maximum Gasteiger partial charge on any atom is 0.262 e. The van der Waals surface area contributed by atoms with E-state index in [9.17, 15) is 18.8 Å². The maximum absolute atomic E-state index is 13.7. The third-order valence-corrected chi connectivity index (χ3v) is 4.98. The highest BCUT2D eigenvalue weighted by molar-refractivity contribution is 6.33. The van der Waals surface area contributed by atoms with E-state index in [1.807, 2.05) is 0 Å². The Morgan fingerprint density at radius 2 is 1.59 bits per heavy atom. The van der Waals surface area contributed by atoms with Crippen molar-refractivity contribution in [2.24, 2.45) is 5.10 Å². The van der Waals surface area contributed by atoms with Crippen LogP contribution in [0.2, 0.25) is 5.02 Å². The van der Waals surface area contributed by atoms with E-state index in [1.165, 1.54) is 24.4 Å². The molecule has 9 nitrogen and oxygen atoms in total. The maximum atomic E-state index is 13.7. The van der Waals surface area contributed by atoms with Crippen molar-refractivity contribution in [2.75, 3.05) is 23.8 Å². The summed E-state index contributed by atoms with van der Waals surface area (Å²) in [5.41, 5.74) is 3.30. The molecule has 0 atom stereocenters. The molecule has 0 aromatic heterocycles. The van der Waals surface area contributed by atoms with E-state index in [-0.39, 0.29) is 12.3 Å². The van der Waals surface area contributed by atoms with Crippen molar-refractivity contribution in [3.05, 3.63) is 83.1 Å². The Labute approximate surface area is 217 Å². The first-order chi connectivity index (χ1) is 17.9. The van der Waals surface area contributed by atoms with Crippen LogP contribution in [0.3, 0.4) is 0 Å². The van der Waals surface area contributed by atoms with E-state index in [0.29, 0.717) is 34.4 Å². The topological polar surface area (TPSA) is 118 Å². The minimum Gasteiger partial charge on any atom is -0.490 e. The zero-order chi connectivity index (χ0) is 26.6. The largest absolute Gasteiger partial charge is 0.490 e. The molecule has 0 aliphatic heterocycles. The number of benzene rings is 3. The first-order valence-electron chi connectivity index (χ1n) is 11.2. The highest BCUT2D eigenvalue weighted by atomic mass is 35.5. The van der Waals surface area contributed by atoms with Crippen molar-refractivity contribution in [1.29, 1.82) is 0 Å². The van der Waals surface area contributed by atoms with Crippen LogP contribution in [0.1, 0.15) is 18.9 Å². The van der Waals surface area contributed by atoms with Crippen LogP contribution in [0.4, 0.5) is 15.8 Å². The van der Waals surface area contributed by atoms with E-state index in [1.54, 1.807) is 55.5 Å². The van der Waals surface area contributed by atoms with Crippen molar-refractivity contribution >= 4 is 46.9 Å². The molecule has 3 N–H and O–H groups in total. The minimum atomic E-state index is -0.619. The fraction of sp³-hybridized carbons (Fsp3) is 0.154. The predicted molar refractivity (Wildman–Crippen MR) is 139 cm³/mol. The van der Waals surface area contributed by atoms with Gasteiger partial charge in [-0.2, -0.15) is 5.10 Å². The van der Waals surface area contributed by atoms with Crippen LogP contribution >= 0.6 is 11.6 Å². The normalized spacial score (nSPS) is 10.6. The van der Waals surface area contributed by atoms with E-state index < -0.39 is 30.0 Å². The van der Waals surface area contributed by atoms with Gasteiger partial charge in [-0.05, 0) is 55.0 Å². The lowest BCUT2D eigenvalue weighted by molar-refractivity contribution is -0.126. The van der Waals surface area contributed by atoms with Gasteiger partial charge in [0, 0.05) is 0 Å². The Balaban J connectivity index is 1.52. The molecule has 0 aliphatic rings. The number of hydrogen-bond acceptors (Lipinski definition) is 6. The predicted octanol–water partition coefficient (Wildman–Crippen LogP) is 4.37. The van der Waals surface area contributed by atoms with Gasteiger partial charge in [0.25, 0.3) is 5.91 Å². The van der Waals surface area contributed by atoms with Crippen molar-refractivity contribution in [2.45, 2.75) is 13.3 Å². The van der Waals surface area contributed by atoms with Gasteiger partial charge >= 0.3 is 0 Å². The van der Waals surface area contributed by atoms with Crippen LogP contribution in [-0.4, -0.2) is 37.1 Å². The Morgan fingerprint density at radius 1 is 0.892 bits per heavy atom. The summed E-state index contributed by atoms with van der Waals surface area (Å²) >= 11 is 5.98. The second kappa shape index (κ2) is 13.6. The van der Waals surface area contributed by atoms with Crippen LogP contribution in [0.15, 0.2) is 71.8 Å². The number of anilines is 2. The lowest BCUT2D eigenvalue weighted by Gasteiger charge is -2.13. The highest BCUT2D eigenvalue weighted by Crippen LogP contribution is 2.28. The molecule has 3 aromatic rings. The summed E-state index contributed by atoms with van der Waals surface area (Å²) < 4.78 is 24.8. The van der Waals surface area contributed by atoms with Gasteiger partial charge in [0.1, 0.15) is 12.2 Å². The third kappa shape index (κ3) is 8.62. The molecule has 0 saturated carbocycles. The lowest BCUT2D eigenvalue weighted by atomic mass is 10.2. The number of para-hydroxylation sites is 2. The Kier molecular flexibility index (Phi) is 9.98. The van der Waals surface area contributed by atoms with Crippen molar-refractivity contribution in [3.8, 4) is 11.5 Å². The van der Waals surface area contributed by atoms with Crippen LogP contribution in [0.5, 0.6) is 11.5 Å². The van der Waals surface area contributed by atoms with Crippen molar-refractivity contribution in [1.82, 2.24) is 5.43 Å². The van der Waals surface area contributed by atoms with Gasteiger partial charge in [-0.1, -0.05) is 35.9 Å². The van der Waals surface area contributed by atoms with E-state index in [0.717, 1.165) is 0 Å². The van der Waals surface area contributed by atoms with Crippen molar-refractivity contribution in [3.63, 3.8) is 0 Å². The molecule has 0 radical (unpaired) electrons. The molecule has 0 heterocycles. The van der Waals surface area contributed by atoms with Crippen LogP contribution in [0.25, 0.3) is 0 Å². The van der Waals surface area contributed by atoms with Crippen LogP contribution in [-0.2, 0) is 14.4 Å². The molecule has 3 rings (SSSR count). The van der Waals surface area contributed by atoms with E-state index >= 15 is 0 Å². The second-order valence-corrected chi connectivity index (χ2v) is 7.86. The number of hydrazone groups is 1. The van der Waals surface area contributed by atoms with Gasteiger partial charge in [0.05, 0.1) is 29.2 Å². The molecule has 37 heavy (non-hydrogen) atoms. The standard InChI is InChI=1S/C26H24ClFN4O5/c1-2-36-23-13-17(11-12-22(23)37-16-26(35)31-21-10-6-4-8-19(21)28)15-29-32-25(34)14-24(33)30-20-9-5-3-7-18(20)27/h3-13,15H,2,14,16H2,1H3,(H,30,33)(H,31,35)(H,32,34). The smallest absolute Gasteiger partial charge is 0.262 e. The molecule has 3 aromatic carbocycles. The summed E-state index contributed by atoms with van der Waals surface area (Å²) in [5.74, 6) is -1.62. The number of nitrogens with zero attached hydrogens (tertiary/aromatic N) is 1. The minimum absolute atomic E-state index is 0.0519. The summed E-state index contributed by atoms with van der Waals surface area (Å²) in [5, 5.41) is 9.20. The number of amides is 3. The average molecular weight is 527 g/mol. The molecule has 11 heteroatoms. The lowest BCUT2D eigenvalue weighted by Crippen LogP contribution is -2.24. The molecule has 0 aliphatic carbocycles. The highest BCUT2D eigenvalue weighted by Gasteiger charge is 2.12. The summed E-state index contributed by atoms with van der Waals surface area (Å²) in [6, 6.07) is 17.3. The summed E-state index contributed by atoms with van der Waals surface area (Å²) in [6.45, 7) is 1.74. The molecular weight excluding hydrogens is 503 g/mol. The van der Waals surface area contributed by atoms with E-state index in [2.05, 4.69) is 21.2 Å². The molecular formula is C26H24ClFN4O5. The fourth-order valence-electron chi connectivity index (χ4n) is 3.01. The number of nitrogens with one attached hydrogen (secondary N) is 3. The number of carbonyl (C=O) groups is 3. The number of halogens is 2. The fourth-order valence-corrected chi connectivity index (χ4v) is 3.19. The van der Waals surface area contributed by atoms with Gasteiger partial charge < -0.3 is 20.1 Å². The van der Waals surface area contributed by atoms with Gasteiger partial charge in [-0.25, -0.2) is 9.82 Å². The number of ether oxygens (including phenoxy) is 2. The third-order valence-electron chi connectivity index (χ3n) is 4.65. The summed E-state index contributed by atoms with van der Waals surface area (Å²) in [7, 11) is 0.